The van der Waals surface area contributed by atoms with Crippen LogP contribution in [0.5, 0.6) is 0 Å². The van der Waals surface area contributed by atoms with Gasteiger partial charge < -0.3 is 10.6 Å². The fourth-order valence-corrected chi connectivity index (χ4v) is 2.46. The molecule has 0 unspecified atom stereocenters. The Labute approximate surface area is 143 Å². The Balaban J connectivity index is 1.62. The summed E-state index contributed by atoms with van der Waals surface area (Å²) in [6.07, 6.45) is 1.52. The first kappa shape index (κ1) is 15.9. The maximum Gasteiger partial charge on any atom is 0.319 e. The second-order valence-electron chi connectivity index (χ2n) is 5.15. The molecule has 0 bridgehead atoms. The number of amides is 2. The van der Waals surface area contributed by atoms with Gasteiger partial charge in [-0.25, -0.2) is 9.48 Å². The van der Waals surface area contributed by atoms with Gasteiger partial charge in [-0.05, 0) is 52.7 Å². The van der Waals surface area contributed by atoms with Crippen LogP contribution in [0.3, 0.4) is 0 Å². The molecular weight excluding hydrogens is 328 g/mol. The standard InChI is InChI=1S/C16H15ClN6O/c1-11-8-13(6-7-15(11)23-10-19-21-22-23)20-16(24)18-9-12-4-2-3-5-14(12)17/h2-8,10H,9H2,1H3,(H2,18,20,24). The molecule has 0 aliphatic rings. The molecule has 0 saturated heterocycles. The zero-order valence-corrected chi connectivity index (χ0v) is 13.7. The van der Waals surface area contributed by atoms with Crippen LogP contribution in [0.25, 0.3) is 5.69 Å². The summed E-state index contributed by atoms with van der Waals surface area (Å²) in [4.78, 5) is 12.0. The molecule has 122 valence electrons. The molecule has 1 heterocycles. The van der Waals surface area contributed by atoms with Gasteiger partial charge in [-0.1, -0.05) is 29.8 Å². The van der Waals surface area contributed by atoms with Gasteiger partial charge in [0.05, 0.1) is 5.69 Å². The maximum absolute atomic E-state index is 12.0. The fraction of sp³-hybridized carbons (Fsp3) is 0.125. The molecule has 0 saturated carbocycles. The van der Waals surface area contributed by atoms with E-state index in [4.69, 9.17) is 11.6 Å². The minimum Gasteiger partial charge on any atom is -0.334 e. The molecule has 8 heteroatoms. The first-order valence-corrected chi connectivity index (χ1v) is 7.63. The number of urea groups is 1. The molecule has 0 atom stereocenters. The molecule has 2 aromatic carbocycles. The number of carbonyl (C=O) groups excluding carboxylic acids is 1. The third kappa shape index (κ3) is 3.69. The van der Waals surface area contributed by atoms with E-state index in [2.05, 4.69) is 26.2 Å². The molecule has 3 rings (SSSR count). The largest absolute Gasteiger partial charge is 0.334 e. The van der Waals surface area contributed by atoms with Gasteiger partial charge >= 0.3 is 6.03 Å². The fourth-order valence-electron chi connectivity index (χ4n) is 2.25. The Morgan fingerprint density at radius 3 is 2.79 bits per heavy atom. The number of anilines is 1. The van der Waals surface area contributed by atoms with Gasteiger partial charge in [-0.2, -0.15) is 0 Å². The summed E-state index contributed by atoms with van der Waals surface area (Å²) in [5.41, 5.74) is 3.33. The van der Waals surface area contributed by atoms with Gasteiger partial charge in [0.15, 0.2) is 0 Å². The predicted octanol–water partition coefficient (Wildman–Crippen LogP) is 2.95. The number of nitrogens with zero attached hydrogens (tertiary/aromatic N) is 4. The van der Waals surface area contributed by atoms with Crippen molar-refractivity contribution in [3.05, 3.63) is 64.9 Å². The molecule has 24 heavy (non-hydrogen) atoms. The Morgan fingerprint density at radius 2 is 2.08 bits per heavy atom. The van der Waals surface area contributed by atoms with Crippen molar-refractivity contribution in [1.29, 1.82) is 0 Å². The highest BCUT2D eigenvalue weighted by Gasteiger charge is 2.07. The third-order valence-corrected chi connectivity index (χ3v) is 3.82. The summed E-state index contributed by atoms with van der Waals surface area (Å²) >= 11 is 6.06. The van der Waals surface area contributed by atoms with E-state index in [1.165, 1.54) is 6.33 Å². The van der Waals surface area contributed by atoms with Crippen LogP contribution in [-0.4, -0.2) is 26.2 Å². The zero-order valence-electron chi connectivity index (χ0n) is 12.9. The van der Waals surface area contributed by atoms with Crippen LogP contribution in [0.4, 0.5) is 10.5 Å². The monoisotopic (exact) mass is 342 g/mol. The molecule has 0 radical (unpaired) electrons. The number of nitrogens with one attached hydrogen (secondary N) is 2. The number of carbonyl (C=O) groups is 1. The number of hydrogen-bond donors (Lipinski definition) is 2. The lowest BCUT2D eigenvalue weighted by Gasteiger charge is -2.11. The maximum atomic E-state index is 12.0. The van der Waals surface area contributed by atoms with Crippen LogP contribution in [0, 0.1) is 6.92 Å². The summed E-state index contributed by atoms with van der Waals surface area (Å²) < 4.78 is 1.57. The predicted molar refractivity (Wildman–Crippen MR) is 91.2 cm³/mol. The van der Waals surface area contributed by atoms with Crippen molar-refractivity contribution in [2.45, 2.75) is 13.5 Å². The van der Waals surface area contributed by atoms with E-state index >= 15 is 0 Å². The average molecular weight is 343 g/mol. The van der Waals surface area contributed by atoms with Crippen LogP contribution in [0.1, 0.15) is 11.1 Å². The van der Waals surface area contributed by atoms with Gasteiger partial charge in [0.1, 0.15) is 6.33 Å². The number of aromatic nitrogens is 4. The van der Waals surface area contributed by atoms with E-state index in [1.54, 1.807) is 16.8 Å². The normalized spacial score (nSPS) is 10.4. The lowest BCUT2D eigenvalue weighted by atomic mass is 10.2. The lowest BCUT2D eigenvalue weighted by Crippen LogP contribution is -2.28. The van der Waals surface area contributed by atoms with E-state index < -0.39 is 0 Å². The van der Waals surface area contributed by atoms with Crippen molar-refractivity contribution in [2.75, 3.05) is 5.32 Å². The van der Waals surface area contributed by atoms with Crippen LogP contribution in [-0.2, 0) is 6.54 Å². The Kier molecular flexibility index (Phi) is 4.72. The molecule has 0 fully saturated rings. The van der Waals surface area contributed by atoms with Crippen molar-refractivity contribution in [3.63, 3.8) is 0 Å². The SMILES string of the molecule is Cc1cc(NC(=O)NCc2ccccc2Cl)ccc1-n1cnnn1. The average Bonchev–Trinajstić information content (AvgIpc) is 3.08. The van der Waals surface area contributed by atoms with Crippen LogP contribution < -0.4 is 10.6 Å². The Hall–Kier alpha value is -2.93. The second-order valence-corrected chi connectivity index (χ2v) is 5.56. The Bertz CT molecular complexity index is 850. The van der Waals surface area contributed by atoms with Gasteiger partial charge in [0.2, 0.25) is 0 Å². The number of rotatable bonds is 4. The summed E-state index contributed by atoms with van der Waals surface area (Å²) in [5, 5.41) is 17.3. The molecule has 1 aromatic heterocycles. The third-order valence-electron chi connectivity index (χ3n) is 3.45. The van der Waals surface area contributed by atoms with Gasteiger partial charge in [-0.3, -0.25) is 0 Å². The van der Waals surface area contributed by atoms with E-state index in [0.717, 1.165) is 16.8 Å². The molecule has 0 spiro atoms. The van der Waals surface area contributed by atoms with Crippen molar-refractivity contribution in [2.24, 2.45) is 0 Å². The molecule has 2 amide bonds. The van der Waals surface area contributed by atoms with Crippen molar-refractivity contribution >= 4 is 23.3 Å². The summed E-state index contributed by atoms with van der Waals surface area (Å²) in [6, 6.07) is 12.6. The lowest BCUT2D eigenvalue weighted by molar-refractivity contribution is 0.251. The molecule has 0 aliphatic carbocycles. The van der Waals surface area contributed by atoms with Crippen LogP contribution in [0.15, 0.2) is 48.8 Å². The van der Waals surface area contributed by atoms with Crippen LogP contribution in [0.2, 0.25) is 5.02 Å². The zero-order chi connectivity index (χ0) is 16.9. The van der Waals surface area contributed by atoms with Gasteiger partial charge in [0, 0.05) is 17.3 Å². The molecule has 7 nitrogen and oxygen atoms in total. The summed E-state index contributed by atoms with van der Waals surface area (Å²) in [6.45, 7) is 2.27. The minimum atomic E-state index is -0.301. The minimum absolute atomic E-state index is 0.301. The Morgan fingerprint density at radius 1 is 1.25 bits per heavy atom. The second kappa shape index (κ2) is 7.10. The first-order chi connectivity index (χ1) is 11.6. The van der Waals surface area contributed by atoms with E-state index in [9.17, 15) is 4.79 Å². The molecule has 2 N–H and O–H groups in total. The van der Waals surface area contributed by atoms with E-state index in [0.29, 0.717) is 17.3 Å². The van der Waals surface area contributed by atoms with E-state index in [-0.39, 0.29) is 6.03 Å². The quantitative estimate of drug-likeness (QED) is 0.763. The number of tetrazole rings is 1. The number of hydrogen-bond acceptors (Lipinski definition) is 4. The van der Waals surface area contributed by atoms with Gasteiger partial charge in [-0.15, -0.1) is 5.10 Å². The number of aryl methyl sites for hydroxylation is 1. The molecular formula is C16H15ClN6O. The molecule has 3 aromatic rings. The first-order valence-electron chi connectivity index (χ1n) is 7.26. The molecule has 0 aliphatic heterocycles. The summed E-state index contributed by atoms with van der Waals surface area (Å²) in [7, 11) is 0. The highest BCUT2D eigenvalue weighted by atomic mass is 35.5. The smallest absolute Gasteiger partial charge is 0.319 e. The van der Waals surface area contributed by atoms with Gasteiger partial charge in [0.25, 0.3) is 0 Å². The number of halogens is 1. The van der Waals surface area contributed by atoms with Crippen molar-refractivity contribution < 1.29 is 4.79 Å². The number of benzene rings is 2. The highest BCUT2D eigenvalue weighted by Crippen LogP contribution is 2.18. The van der Waals surface area contributed by atoms with Crippen LogP contribution >= 0.6 is 11.6 Å². The van der Waals surface area contributed by atoms with Crippen molar-refractivity contribution in [1.82, 2.24) is 25.5 Å². The van der Waals surface area contributed by atoms with E-state index in [1.807, 2.05) is 37.3 Å². The highest BCUT2D eigenvalue weighted by molar-refractivity contribution is 6.31. The van der Waals surface area contributed by atoms with Crippen molar-refractivity contribution in [3.8, 4) is 5.69 Å². The summed E-state index contributed by atoms with van der Waals surface area (Å²) in [5.74, 6) is 0. The topological polar surface area (TPSA) is 84.7 Å².